The summed E-state index contributed by atoms with van der Waals surface area (Å²) in [7, 11) is 0. The lowest BCUT2D eigenvalue weighted by atomic mass is 9.95. The Hall–Kier alpha value is -0.370. The first-order chi connectivity index (χ1) is 3.79. The van der Waals surface area contributed by atoms with Gasteiger partial charge in [0, 0.05) is 18.9 Å². The molecule has 1 aliphatic rings. The van der Waals surface area contributed by atoms with Crippen LogP contribution in [0, 0.1) is 0 Å². The van der Waals surface area contributed by atoms with Crippen LogP contribution in [0.5, 0.6) is 0 Å². The minimum Gasteiger partial charge on any atom is -0.327 e. The summed E-state index contributed by atoms with van der Waals surface area (Å²) in [5.41, 5.74) is 5.50. The maximum absolute atomic E-state index is 10.6. The molecule has 1 saturated carbocycles. The molecule has 2 nitrogen and oxygen atoms in total. The van der Waals surface area contributed by atoms with Crippen LogP contribution in [0.1, 0.15) is 25.7 Å². The van der Waals surface area contributed by atoms with Crippen LogP contribution < -0.4 is 5.73 Å². The van der Waals surface area contributed by atoms with Crippen molar-refractivity contribution in [3.05, 3.63) is 0 Å². The zero-order valence-corrected chi connectivity index (χ0v) is 4.89. The molecule has 1 atom stereocenters. The molecule has 1 rings (SSSR count). The Morgan fingerprint density at radius 2 is 2.38 bits per heavy atom. The third-order valence-corrected chi connectivity index (χ3v) is 1.52. The van der Waals surface area contributed by atoms with E-state index >= 15 is 0 Å². The van der Waals surface area contributed by atoms with Crippen molar-refractivity contribution in [3.63, 3.8) is 0 Å². The molecule has 0 radical (unpaired) electrons. The SMILES string of the molecule is NC1CCCC(=O)C1. The number of carbonyl (C=O) groups is 1. The number of carbonyl (C=O) groups excluding carboxylic acids is 1. The summed E-state index contributed by atoms with van der Waals surface area (Å²) in [4.78, 5) is 10.6. The second-order valence-electron chi connectivity index (χ2n) is 2.40. The Labute approximate surface area is 49.1 Å². The zero-order valence-electron chi connectivity index (χ0n) is 4.89. The van der Waals surface area contributed by atoms with E-state index in [1.165, 1.54) is 0 Å². The van der Waals surface area contributed by atoms with Crippen molar-refractivity contribution in [1.82, 2.24) is 0 Å². The summed E-state index contributed by atoms with van der Waals surface area (Å²) in [6, 6.07) is 0.163. The summed E-state index contributed by atoms with van der Waals surface area (Å²) in [5, 5.41) is 0. The van der Waals surface area contributed by atoms with Gasteiger partial charge < -0.3 is 5.73 Å². The van der Waals surface area contributed by atoms with Gasteiger partial charge in [-0.15, -0.1) is 0 Å². The van der Waals surface area contributed by atoms with E-state index in [9.17, 15) is 4.79 Å². The first-order valence-corrected chi connectivity index (χ1v) is 3.06. The Kier molecular flexibility index (Phi) is 1.63. The van der Waals surface area contributed by atoms with Crippen molar-refractivity contribution in [2.75, 3.05) is 0 Å². The lowest BCUT2D eigenvalue weighted by Crippen LogP contribution is -2.27. The van der Waals surface area contributed by atoms with Gasteiger partial charge in [0.1, 0.15) is 5.78 Å². The molecule has 0 aliphatic heterocycles. The monoisotopic (exact) mass is 113 g/mol. The van der Waals surface area contributed by atoms with Crippen LogP contribution in [0.4, 0.5) is 0 Å². The molecule has 1 unspecified atom stereocenters. The summed E-state index contributed by atoms with van der Waals surface area (Å²) in [6.07, 6.45) is 3.40. The summed E-state index contributed by atoms with van der Waals surface area (Å²) in [5.74, 6) is 0.337. The lowest BCUT2D eigenvalue weighted by molar-refractivity contribution is -0.120. The number of ketones is 1. The lowest BCUT2D eigenvalue weighted by Gasteiger charge is -2.14. The highest BCUT2D eigenvalue weighted by molar-refractivity contribution is 5.79. The van der Waals surface area contributed by atoms with E-state index in [1.54, 1.807) is 0 Å². The summed E-state index contributed by atoms with van der Waals surface area (Å²) >= 11 is 0. The molecule has 46 valence electrons. The van der Waals surface area contributed by atoms with Crippen LogP contribution >= 0.6 is 0 Å². The number of rotatable bonds is 0. The highest BCUT2D eigenvalue weighted by Crippen LogP contribution is 2.11. The zero-order chi connectivity index (χ0) is 5.98. The number of nitrogens with two attached hydrogens (primary N) is 1. The van der Waals surface area contributed by atoms with Crippen molar-refractivity contribution in [1.29, 1.82) is 0 Å². The van der Waals surface area contributed by atoms with Crippen molar-refractivity contribution < 1.29 is 4.79 Å². The molecule has 0 heterocycles. The van der Waals surface area contributed by atoms with E-state index in [-0.39, 0.29) is 6.04 Å². The predicted octanol–water partition coefficient (Wildman–Crippen LogP) is 0.457. The Morgan fingerprint density at radius 3 is 2.75 bits per heavy atom. The van der Waals surface area contributed by atoms with Crippen LogP contribution in [0.25, 0.3) is 0 Å². The van der Waals surface area contributed by atoms with E-state index in [0.29, 0.717) is 12.2 Å². The van der Waals surface area contributed by atoms with Gasteiger partial charge in [0.25, 0.3) is 0 Å². The molecular formula is C6H11NO. The van der Waals surface area contributed by atoms with Crippen LogP contribution in [-0.2, 0) is 4.79 Å². The Bertz CT molecular complexity index is 101. The second kappa shape index (κ2) is 2.27. The smallest absolute Gasteiger partial charge is 0.134 e. The average Bonchev–Trinajstić information content (AvgIpc) is 1.64. The molecule has 0 aromatic carbocycles. The van der Waals surface area contributed by atoms with E-state index in [4.69, 9.17) is 5.73 Å². The van der Waals surface area contributed by atoms with Crippen molar-refractivity contribution in [2.45, 2.75) is 31.7 Å². The van der Waals surface area contributed by atoms with Gasteiger partial charge in [-0.25, -0.2) is 0 Å². The summed E-state index contributed by atoms with van der Waals surface area (Å²) in [6.45, 7) is 0. The molecule has 0 amide bonds. The largest absolute Gasteiger partial charge is 0.327 e. The van der Waals surface area contributed by atoms with E-state index in [1.807, 2.05) is 0 Å². The fourth-order valence-electron chi connectivity index (χ4n) is 1.06. The first-order valence-electron chi connectivity index (χ1n) is 3.06. The van der Waals surface area contributed by atoms with Crippen LogP contribution in [0.2, 0.25) is 0 Å². The molecule has 2 heteroatoms. The Morgan fingerprint density at radius 1 is 1.62 bits per heavy atom. The quantitative estimate of drug-likeness (QED) is 0.496. The van der Waals surface area contributed by atoms with Crippen LogP contribution in [0.15, 0.2) is 0 Å². The van der Waals surface area contributed by atoms with Crippen molar-refractivity contribution in [2.24, 2.45) is 5.73 Å². The third-order valence-electron chi connectivity index (χ3n) is 1.52. The maximum atomic E-state index is 10.6. The standard InChI is InChI=1S/C6H11NO/c7-5-2-1-3-6(8)4-5/h5H,1-4,7H2. The van der Waals surface area contributed by atoms with Crippen molar-refractivity contribution >= 4 is 5.78 Å². The van der Waals surface area contributed by atoms with Gasteiger partial charge in [-0.1, -0.05) is 0 Å². The van der Waals surface area contributed by atoms with E-state index in [0.717, 1.165) is 19.3 Å². The van der Waals surface area contributed by atoms with Crippen LogP contribution in [0.3, 0.4) is 0 Å². The molecule has 2 N–H and O–H groups in total. The molecule has 8 heavy (non-hydrogen) atoms. The van der Waals surface area contributed by atoms with Gasteiger partial charge in [-0.05, 0) is 12.8 Å². The molecule has 0 bridgehead atoms. The number of Topliss-reactive ketones (excluding diaryl/α,β-unsaturated/α-hetero) is 1. The molecule has 0 aromatic heterocycles. The highest BCUT2D eigenvalue weighted by Gasteiger charge is 2.14. The predicted molar refractivity (Wildman–Crippen MR) is 31.5 cm³/mol. The maximum Gasteiger partial charge on any atom is 0.134 e. The van der Waals surface area contributed by atoms with Gasteiger partial charge in [-0.3, -0.25) is 4.79 Å². The number of hydrogen-bond donors (Lipinski definition) is 1. The van der Waals surface area contributed by atoms with E-state index < -0.39 is 0 Å². The highest BCUT2D eigenvalue weighted by atomic mass is 16.1. The molecule has 1 aliphatic carbocycles. The average molecular weight is 113 g/mol. The number of hydrogen-bond acceptors (Lipinski definition) is 2. The Balaban J connectivity index is 2.34. The molecular weight excluding hydrogens is 102 g/mol. The first kappa shape index (κ1) is 5.76. The van der Waals surface area contributed by atoms with Gasteiger partial charge >= 0.3 is 0 Å². The van der Waals surface area contributed by atoms with Crippen LogP contribution in [-0.4, -0.2) is 11.8 Å². The van der Waals surface area contributed by atoms with Gasteiger partial charge in [0.15, 0.2) is 0 Å². The molecule has 0 spiro atoms. The fourth-order valence-corrected chi connectivity index (χ4v) is 1.06. The topological polar surface area (TPSA) is 43.1 Å². The molecule has 0 saturated heterocycles. The van der Waals surface area contributed by atoms with Gasteiger partial charge in [0.2, 0.25) is 0 Å². The fraction of sp³-hybridized carbons (Fsp3) is 0.833. The molecule has 1 fully saturated rings. The van der Waals surface area contributed by atoms with Gasteiger partial charge in [0.05, 0.1) is 0 Å². The minimum absolute atomic E-state index is 0.163. The normalized spacial score (nSPS) is 30.6. The van der Waals surface area contributed by atoms with E-state index in [2.05, 4.69) is 0 Å². The second-order valence-corrected chi connectivity index (χ2v) is 2.40. The summed E-state index contributed by atoms with van der Waals surface area (Å²) < 4.78 is 0. The minimum atomic E-state index is 0.163. The van der Waals surface area contributed by atoms with Gasteiger partial charge in [-0.2, -0.15) is 0 Å². The van der Waals surface area contributed by atoms with Crippen molar-refractivity contribution in [3.8, 4) is 0 Å². The third kappa shape index (κ3) is 1.30. The molecule has 0 aromatic rings.